The fourth-order valence-electron chi connectivity index (χ4n) is 3.95. The Balaban J connectivity index is 1.91. The number of hydrogen-bond donors (Lipinski definition) is 3. The van der Waals surface area contributed by atoms with Crippen LogP contribution in [0.2, 0.25) is 0 Å². The molecule has 3 N–H and O–H groups in total. The number of nitrogens with one attached hydrogen (secondary N) is 2. The largest absolute Gasteiger partial charge is 0.486 e. The average molecular weight is 509 g/mol. The first-order chi connectivity index (χ1) is 16.9. The number of hydrogen-bond acceptors (Lipinski definition) is 5. The van der Waals surface area contributed by atoms with Gasteiger partial charge in [-0.3, -0.25) is 4.79 Å². The number of likely N-dealkylation sites (N-methyl/N-ethyl adjacent to an activating group) is 1. The van der Waals surface area contributed by atoms with Crippen molar-refractivity contribution in [3.05, 3.63) is 53.6 Å². The second-order valence-electron chi connectivity index (χ2n) is 9.22. The summed E-state index contributed by atoms with van der Waals surface area (Å²) in [6.45, 7) is 4.43. The van der Waals surface area contributed by atoms with E-state index in [-0.39, 0.29) is 47.2 Å². The number of amides is 3. The normalized spacial score (nSPS) is 19.1. The van der Waals surface area contributed by atoms with Crippen LogP contribution >= 0.6 is 0 Å². The minimum atomic E-state index is -4.48. The van der Waals surface area contributed by atoms with Crippen LogP contribution in [0.4, 0.5) is 29.3 Å². The van der Waals surface area contributed by atoms with Gasteiger partial charge in [-0.1, -0.05) is 13.0 Å². The zero-order valence-electron chi connectivity index (χ0n) is 20.6. The Morgan fingerprint density at radius 2 is 1.86 bits per heavy atom. The van der Waals surface area contributed by atoms with Crippen molar-refractivity contribution in [3.8, 4) is 5.75 Å². The maximum absolute atomic E-state index is 13.4. The van der Waals surface area contributed by atoms with Crippen LogP contribution < -0.4 is 15.4 Å². The van der Waals surface area contributed by atoms with E-state index >= 15 is 0 Å². The van der Waals surface area contributed by atoms with Crippen LogP contribution in [0.15, 0.2) is 42.5 Å². The molecule has 0 unspecified atom stereocenters. The van der Waals surface area contributed by atoms with Crippen molar-refractivity contribution in [2.75, 3.05) is 44.4 Å². The SMILES string of the molecule is C[C@H]1CN([C@@H](C)CO)C(=O)c2cccc(NC(=O)Nc3ccc(C(F)(F)F)cc3)c2O[C@@H]1CN(C)C. The quantitative estimate of drug-likeness (QED) is 0.546. The number of halogens is 3. The molecule has 196 valence electrons. The molecule has 2 aromatic rings. The molecule has 3 amide bonds. The van der Waals surface area contributed by atoms with Crippen molar-refractivity contribution < 1.29 is 32.6 Å². The van der Waals surface area contributed by atoms with Crippen LogP contribution in [0.25, 0.3) is 0 Å². The fraction of sp³-hybridized carbons (Fsp3) is 0.440. The lowest BCUT2D eigenvalue weighted by molar-refractivity contribution is -0.137. The molecule has 3 rings (SSSR count). The van der Waals surface area contributed by atoms with Gasteiger partial charge in [-0.25, -0.2) is 4.79 Å². The highest BCUT2D eigenvalue weighted by atomic mass is 19.4. The van der Waals surface area contributed by atoms with Gasteiger partial charge in [0.25, 0.3) is 5.91 Å². The number of para-hydroxylation sites is 1. The third kappa shape index (κ3) is 6.46. The fourth-order valence-corrected chi connectivity index (χ4v) is 3.95. The first kappa shape index (κ1) is 27.3. The number of fused-ring (bicyclic) bond motifs is 1. The zero-order valence-corrected chi connectivity index (χ0v) is 20.6. The number of benzene rings is 2. The van der Waals surface area contributed by atoms with E-state index < -0.39 is 23.8 Å². The second-order valence-corrected chi connectivity index (χ2v) is 9.22. The van der Waals surface area contributed by atoms with E-state index in [4.69, 9.17) is 4.74 Å². The highest BCUT2D eigenvalue weighted by molar-refractivity contribution is 6.04. The number of nitrogens with zero attached hydrogens (tertiary/aromatic N) is 2. The molecule has 1 aliphatic rings. The summed E-state index contributed by atoms with van der Waals surface area (Å²) < 4.78 is 44.7. The maximum Gasteiger partial charge on any atom is 0.416 e. The van der Waals surface area contributed by atoms with Gasteiger partial charge in [0, 0.05) is 24.7 Å². The molecule has 3 atom stereocenters. The summed E-state index contributed by atoms with van der Waals surface area (Å²) in [5.74, 6) is -0.236. The van der Waals surface area contributed by atoms with Gasteiger partial charge in [0.1, 0.15) is 6.10 Å². The van der Waals surface area contributed by atoms with Crippen molar-refractivity contribution >= 4 is 23.3 Å². The molecular formula is C25H31F3N4O4. The molecule has 11 heteroatoms. The number of carbonyl (C=O) groups excluding carboxylic acids is 2. The Morgan fingerprint density at radius 1 is 1.19 bits per heavy atom. The van der Waals surface area contributed by atoms with E-state index in [1.165, 1.54) is 0 Å². The van der Waals surface area contributed by atoms with Crippen molar-refractivity contribution in [1.29, 1.82) is 0 Å². The second kappa shape index (κ2) is 11.2. The van der Waals surface area contributed by atoms with E-state index in [1.807, 2.05) is 25.9 Å². The molecule has 8 nitrogen and oxygen atoms in total. The number of urea groups is 1. The smallest absolute Gasteiger partial charge is 0.416 e. The predicted molar refractivity (Wildman–Crippen MR) is 130 cm³/mol. The van der Waals surface area contributed by atoms with E-state index in [0.29, 0.717) is 13.1 Å². The molecule has 2 aromatic carbocycles. The third-order valence-corrected chi connectivity index (χ3v) is 5.95. The Kier molecular flexibility index (Phi) is 8.47. The molecule has 0 aliphatic carbocycles. The Bertz CT molecular complexity index is 1080. The molecule has 0 saturated carbocycles. The lowest BCUT2D eigenvalue weighted by atomic mass is 9.99. The Labute approximate surface area is 208 Å². The Hall–Kier alpha value is -3.31. The van der Waals surface area contributed by atoms with Gasteiger partial charge in [0.2, 0.25) is 0 Å². The van der Waals surface area contributed by atoms with Gasteiger partial charge in [0.05, 0.1) is 29.5 Å². The number of aliphatic hydroxyl groups is 1. The molecular weight excluding hydrogens is 477 g/mol. The third-order valence-electron chi connectivity index (χ3n) is 5.95. The number of carbonyl (C=O) groups is 2. The van der Waals surface area contributed by atoms with E-state index in [0.717, 1.165) is 24.3 Å². The molecule has 0 saturated heterocycles. The van der Waals surface area contributed by atoms with Crippen molar-refractivity contribution in [1.82, 2.24) is 9.80 Å². The molecule has 1 heterocycles. The molecule has 0 radical (unpaired) electrons. The predicted octanol–water partition coefficient (Wildman–Crippen LogP) is 4.13. The Morgan fingerprint density at radius 3 is 2.44 bits per heavy atom. The topological polar surface area (TPSA) is 94.1 Å². The molecule has 0 aromatic heterocycles. The van der Waals surface area contributed by atoms with Crippen LogP contribution in [-0.2, 0) is 6.18 Å². The monoisotopic (exact) mass is 508 g/mol. The number of aliphatic hydroxyl groups excluding tert-OH is 1. The summed E-state index contributed by atoms with van der Waals surface area (Å²) in [6, 6.07) is 7.70. The summed E-state index contributed by atoms with van der Waals surface area (Å²) >= 11 is 0. The lowest BCUT2D eigenvalue weighted by Crippen LogP contribution is -2.49. The highest BCUT2D eigenvalue weighted by Gasteiger charge is 2.34. The van der Waals surface area contributed by atoms with Gasteiger partial charge >= 0.3 is 12.2 Å². The standard InChI is InChI=1S/C25H31F3N4O4/c1-15-12-32(16(2)14-33)23(34)19-6-5-7-20(22(19)36-21(15)13-31(3)4)30-24(35)29-18-10-8-17(9-11-18)25(26,27)28/h5-11,15-16,21,33H,12-14H2,1-4H3,(H2,29,30,35)/t15-,16-,21+/m0/s1. The average Bonchev–Trinajstić information content (AvgIpc) is 2.80. The molecule has 0 bridgehead atoms. The van der Waals surface area contributed by atoms with Gasteiger partial charge in [-0.15, -0.1) is 0 Å². The number of alkyl halides is 3. The van der Waals surface area contributed by atoms with Crippen LogP contribution in [0.5, 0.6) is 5.75 Å². The van der Waals surface area contributed by atoms with Crippen LogP contribution in [0.3, 0.4) is 0 Å². The first-order valence-electron chi connectivity index (χ1n) is 11.5. The number of ether oxygens (including phenoxy) is 1. The number of anilines is 2. The number of rotatable bonds is 6. The van der Waals surface area contributed by atoms with E-state index in [1.54, 1.807) is 30.0 Å². The van der Waals surface area contributed by atoms with Crippen LogP contribution in [0.1, 0.15) is 29.8 Å². The summed E-state index contributed by atoms with van der Waals surface area (Å²) in [7, 11) is 3.80. The summed E-state index contributed by atoms with van der Waals surface area (Å²) in [5.41, 5.74) is -0.191. The van der Waals surface area contributed by atoms with Crippen molar-refractivity contribution in [2.24, 2.45) is 5.92 Å². The summed E-state index contributed by atoms with van der Waals surface area (Å²) in [4.78, 5) is 29.7. The van der Waals surface area contributed by atoms with Crippen molar-refractivity contribution in [3.63, 3.8) is 0 Å². The van der Waals surface area contributed by atoms with E-state index in [9.17, 15) is 27.9 Å². The van der Waals surface area contributed by atoms with E-state index in [2.05, 4.69) is 10.6 Å². The molecule has 0 spiro atoms. The molecule has 0 fully saturated rings. The highest BCUT2D eigenvalue weighted by Crippen LogP contribution is 2.35. The minimum Gasteiger partial charge on any atom is -0.486 e. The van der Waals surface area contributed by atoms with Gasteiger partial charge in [-0.05, 0) is 57.4 Å². The zero-order chi connectivity index (χ0) is 26.6. The van der Waals surface area contributed by atoms with Crippen LogP contribution in [-0.4, -0.2) is 72.8 Å². The summed E-state index contributed by atoms with van der Waals surface area (Å²) in [5, 5.41) is 14.9. The van der Waals surface area contributed by atoms with Crippen molar-refractivity contribution in [2.45, 2.75) is 32.2 Å². The van der Waals surface area contributed by atoms with Gasteiger partial charge in [0.15, 0.2) is 5.75 Å². The van der Waals surface area contributed by atoms with Gasteiger partial charge < -0.3 is 30.3 Å². The minimum absolute atomic E-state index is 0.0903. The lowest BCUT2D eigenvalue weighted by Gasteiger charge is -2.38. The maximum atomic E-state index is 13.4. The molecule has 1 aliphatic heterocycles. The van der Waals surface area contributed by atoms with Crippen LogP contribution in [0, 0.1) is 5.92 Å². The summed E-state index contributed by atoms with van der Waals surface area (Å²) in [6.07, 6.45) is -4.81. The molecule has 36 heavy (non-hydrogen) atoms. The van der Waals surface area contributed by atoms with Gasteiger partial charge in [-0.2, -0.15) is 13.2 Å². The first-order valence-corrected chi connectivity index (χ1v) is 11.5.